The van der Waals surface area contributed by atoms with Gasteiger partial charge in [-0.2, -0.15) is 13.2 Å². The molecule has 2 rings (SSSR count). The maximum Gasteiger partial charge on any atom is 0.419 e. The van der Waals surface area contributed by atoms with Crippen molar-refractivity contribution in [2.45, 2.75) is 38.5 Å². The molecule has 21 heavy (non-hydrogen) atoms. The van der Waals surface area contributed by atoms with Gasteiger partial charge < -0.3 is 15.2 Å². The Morgan fingerprint density at radius 1 is 1.38 bits per heavy atom. The predicted octanol–water partition coefficient (Wildman–Crippen LogP) is 2.96. The summed E-state index contributed by atoms with van der Waals surface area (Å²) < 4.78 is 44.5. The van der Waals surface area contributed by atoms with E-state index in [4.69, 9.17) is 9.84 Å². The minimum atomic E-state index is -4.45. The van der Waals surface area contributed by atoms with Crippen molar-refractivity contribution in [3.05, 3.63) is 29.3 Å². The average Bonchev–Trinajstić information content (AvgIpc) is 3.26. The second kappa shape index (κ2) is 6.66. The van der Waals surface area contributed by atoms with Crippen LogP contribution < -0.4 is 10.1 Å². The lowest BCUT2D eigenvalue weighted by molar-refractivity contribution is -0.139. The van der Waals surface area contributed by atoms with Gasteiger partial charge in [-0.25, -0.2) is 0 Å². The number of benzene rings is 1. The smallest absolute Gasteiger partial charge is 0.419 e. The predicted molar refractivity (Wildman–Crippen MR) is 73.1 cm³/mol. The monoisotopic (exact) mass is 303 g/mol. The quantitative estimate of drug-likeness (QED) is 0.814. The Balaban J connectivity index is 2.10. The van der Waals surface area contributed by atoms with Gasteiger partial charge in [-0.3, -0.25) is 0 Å². The number of aliphatic hydroxyl groups is 1. The van der Waals surface area contributed by atoms with Crippen molar-refractivity contribution < 1.29 is 23.0 Å². The van der Waals surface area contributed by atoms with Crippen molar-refractivity contribution in [2.24, 2.45) is 5.92 Å². The molecule has 1 saturated carbocycles. The van der Waals surface area contributed by atoms with E-state index in [0.717, 1.165) is 18.9 Å². The normalized spacial score (nSPS) is 16.8. The van der Waals surface area contributed by atoms with Gasteiger partial charge in [0.15, 0.2) is 0 Å². The van der Waals surface area contributed by atoms with Crippen LogP contribution in [0.2, 0.25) is 0 Å². The van der Waals surface area contributed by atoms with Gasteiger partial charge in [0.1, 0.15) is 5.75 Å². The van der Waals surface area contributed by atoms with Gasteiger partial charge in [-0.05, 0) is 30.5 Å². The molecule has 0 bridgehead atoms. The first-order valence-electron chi connectivity index (χ1n) is 7.07. The first-order valence-corrected chi connectivity index (χ1v) is 7.07. The fourth-order valence-electron chi connectivity index (χ4n) is 1.87. The van der Waals surface area contributed by atoms with Gasteiger partial charge >= 0.3 is 6.18 Å². The summed E-state index contributed by atoms with van der Waals surface area (Å²) in [7, 11) is 0. The van der Waals surface area contributed by atoms with Crippen LogP contribution in [0.3, 0.4) is 0 Å². The van der Waals surface area contributed by atoms with E-state index in [2.05, 4.69) is 5.32 Å². The Morgan fingerprint density at radius 3 is 2.67 bits per heavy atom. The maximum absolute atomic E-state index is 13.1. The van der Waals surface area contributed by atoms with E-state index < -0.39 is 11.7 Å². The molecule has 1 aromatic rings. The van der Waals surface area contributed by atoms with Gasteiger partial charge in [0.25, 0.3) is 0 Å². The lowest BCUT2D eigenvalue weighted by atomic mass is 10.1. The molecule has 6 heteroatoms. The summed E-state index contributed by atoms with van der Waals surface area (Å²) in [6, 6.07) is 4.58. The highest BCUT2D eigenvalue weighted by atomic mass is 19.4. The van der Waals surface area contributed by atoms with Crippen molar-refractivity contribution in [1.82, 2.24) is 5.32 Å². The molecule has 0 radical (unpaired) electrons. The zero-order valence-corrected chi connectivity index (χ0v) is 11.9. The summed E-state index contributed by atoms with van der Waals surface area (Å²) in [5.74, 6) is -0.389. The van der Waals surface area contributed by atoms with Crippen LogP contribution in [0.1, 0.15) is 30.9 Å². The number of nitrogens with one attached hydrogen (secondary N) is 1. The molecule has 0 amide bonds. The second-order valence-corrected chi connectivity index (χ2v) is 5.58. The molecular formula is C15H20F3NO2. The van der Waals surface area contributed by atoms with Gasteiger partial charge in [0.2, 0.25) is 0 Å². The third-order valence-corrected chi connectivity index (χ3v) is 3.36. The summed E-state index contributed by atoms with van der Waals surface area (Å²) in [6.07, 6.45) is -2.27. The fourth-order valence-corrected chi connectivity index (χ4v) is 1.87. The number of aliphatic hydroxyl groups excluding tert-OH is 1. The first-order chi connectivity index (χ1) is 9.90. The van der Waals surface area contributed by atoms with E-state index in [1.54, 1.807) is 13.0 Å². The highest BCUT2D eigenvalue weighted by Crippen LogP contribution is 2.37. The van der Waals surface area contributed by atoms with Crippen LogP contribution in [-0.2, 0) is 12.7 Å². The molecular weight excluding hydrogens is 283 g/mol. The van der Waals surface area contributed by atoms with Crippen LogP contribution >= 0.6 is 0 Å². The molecule has 0 spiro atoms. The third kappa shape index (κ3) is 4.89. The van der Waals surface area contributed by atoms with E-state index in [1.807, 2.05) is 0 Å². The van der Waals surface area contributed by atoms with Crippen LogP contribution in [0.4, 0.5) is 13.2 Å². The van der Waals surface area contributed by atoms with Gasteiger partial charge in [-0.1, -0.05) is 13.0 Å². The minimum absolute atomic E-state index is 0.0548. The number of ether oxygens (including phenoxy) is 1. The minimum Gasteiger partial charge on any atom is -0.493 e. The molecule has 1 atom stereocenters. The van der Waals surface area contributed by atoms with E-state index in [-0.39, 0.29) is 24.9 Å². The summed E-state index contributed by atoms with van der Waals surface area (Å²) in [6.45, 7) is 2.08. The summed E-state index contributed by atoms with van der Waals surface area (Å²) in [5.41, 5.74) is -0.167. The van der Waals surface area contributed by atoms with Crippen molar-refractivity contribution >= 4 is 0 Å². The molecule has 1 aliphatic carbocycles. The fraction of sp³-hybridized carbons (Fsp3) is 0.600. The van der Waals surface area contributed by atoms with Gasteiger partial charge in [-0.15, -0.1) is 0 Å². The van der Waals surface area contributed by atoms with Crippen LogP contribution in [-0.4, -0.2) is 24.4 Å². The maximum atomic E-state index is 13.1. The first kappa shape index (κ1) is 16.1. The van der Waals surface area contributed by atoms with Crippen LogP contribution in [0, 0.1) is 5.92 Å². The second-order valence-electron chi connectivity index (χ2n) is 5.58. The van der Waals surface area contributed by atoms with Crippen LogP contribution in [0.25, 0.3) is 0 Å². The molecule has 0 aromatic heterocycles. The van der Waals surface area contributed by atoms with Gasteiger partial charge in [0, 0.05) is 25.1 Å². The lowest BCUT2D eigenvalue weighted by Crippen LogP contribution is -2.18. The number of hydrogen-bond donors (Lipinski definition) is 2. The van der Waals surface area contributed by atoms with E-state index in [0.29, 0.717) is 18.2 Å². The topological polar surface area (TPSA) is 41.5 Å². The molecule has 1 fully saturated rings. The summed E-state index contributed by atoms with van der Waals surface area (Å²) >= 11 is 0. The molecule has 0 heterocycles. The lowest BCUT2D eigenvalue weighted by Gasteiger charge is -2.17. The average molecular weight is 303 g/mol. The van der Waals surface area contributed by atoms with Crippen molar-refractivity contribution in [1.29, 1.82) is 0 Å². The van der Waals surface area contributed by atoms with E-state index >= 15 is 0 Å². The number of hydrogen-bond acceptors (Lipinski definition) is 3. The largest absolute Gasteiger partial charge is 0.493 e. The Bertz CT molecular complexity index is 472. The summed E-state index contributed by atoms with van der Waals surface area (Å²) in [5, 5.41) is 12.1. The highest BCUT2D eigenvalue weighted by molar-refractivity contribution is 5.39. The van der Waals surface area contributed by atoms with Crippen molar-refractivity contribution in [3.8, 4) is 5.75 Å². The number of alkyl halides is 3. The zero-order chi connectivity index (χ0) is 15.5. The van der Waals surface area contributed by atoms with Crippen molar-refractivity contribution in [3.63, 3.8) is 0 Å². The van der Waals surface area contributed by atoms with E-state index in [9.17, 15) is 13.2 Å². The summed E-state index contributed by atoms with van der Waals surface area (Å²) in [4.78, 5) is 0. The highest BCUT2D eigenvalue weighted by Gasteiger charge is 2.35. The molecule has 0 saturated heterocycles. The molecule has 1 unspecified atom stereocenters. The standard InChI is InChI=1S/C15H20F3NO2/c1-10(8-20)9-21-14-5-2-11(7-19-12-3-4-12)6-13(14)15(16,17)18/h2,5-6,10,12,19-20H,3-4,7-9H2,1H3. The molecule has 3 nitrogen and oxygen atoms in total. The SMILES string of the molecule is CC(CO)COc1ccc(CNC2CC2)cc1C(F)(F)F. The Hall–Kier alpha value is -1.27. The Morgan fingerprint density at radius 2 is 2.10 bits per heavy atom. The molecule has 0 aliphatic heterocycles. The third-order valence-electron chi connectivity index (χ3n) is 3.36. The molecule has 1 aromatic carbocycles. The molecule has 1 aliphatic rings. The van der Waals surface area contributed by atoms with Crippen LogP contribution in [0.15, 0.2) is 18.2 Å². The zero-order valence-electron chi connectivity index (χ0n) is 11.9. The Labute approximate surface area is 122 Å². The Kier molecular flexibility index (Phi) is 5.11. The number of halogens is 3. The van der Waals surface area contributed by atoms with E-state index in [1.165, 1.54) is 6.07 Å². The number of rotatable bonds is 7. The van der Waals surface area contributed by atoms with Crippen LogP contribution in [0.5, 0.6) is 5.75 Å². The van der Waals surface area contributed by atoms with Crippen molar-refractivity contribution in [2.75, 3.05) is 13.2 Å². The molecule has 2 N–H and O–H groups in total. The van der Waals surface area contributed by atoms with Gasteiger partial charge in [0.05, 0.1) is 12.2 Å². The molecule has 118 valence electrons.